The van der Waals surface area contributed by atoms with Crippen molar-refractivity contribution in [2.45, 2.75) is 0 Å². The van der Waals surface area contributed by atoms with Crippen molar-refractivity contribution in [3.8, 4) is 0 Å². The van der Waals surface area contributed by atoms with E-state index in [0.717, 1.165) is 0 Å². The van der Waals surface area contributed by atoms with Crippen LogP contribution in [0, 0.1) is 0 Å². The molecule has 0 aromatic heterocycles. The molecule has 0 aromatic carbocycles. The molecule has 0 heterocycles. The molecule has 0 saturated carbocycles. The van der Waals surface area contributed by atoms with Crippen LogP contribution in [0.1, 0.15) is 0 Å². The maximum atomic E-state index is 8.36. The van der Waals surface area contributed by atoms with Gasteiger partial charge in [-0.25, -0.2) is 0 Å². The van der Waals surface area contributed by atoms with Gasteiger partial charge in [-0.05, 0) is 0 Å². The van der Waals surface area contributed by atoms with E-state index in [1.54, 1.807) is 0 Å². The summed E-state index contributed by atoms with van der Waals surface area (Å²) in [7, 11) is 0. The number of hydrogen-bond donors (Lipinski definition) is 1. The average molecular weight is 85.1 g/mol. The van der Waals surface area contributed by atoms with Crippen molar-refractivity contribution < 1.29 is 61.3 Å². The zero-order valence-electron chi connectivity index (χ0n) is 2.43. The normalized spacial score (nSPS) is 3.00. The zero-order chi connectivity index (χ0) is 2.71. The van der Waals surface area contributed by atoms with Gasteiger partial charge in [0.2, 0.25) is 0 Å². The predicted molar refractivity (Wildman–Crippen MR) is 8.69 cm³/mol. The summed E-state index contributed by atoms with van der Waals surface area (Å²) >= 11 is 0. The standard InChI is InChI=1S/CH2O2.K/c2-1-3;/h1H,(H,2,3);/q;+1. The molecule has 0 atom stereocenters. The quantitative estimate of drug-likeness (QED) is 0.247. The molecule has 0 radical (unpaired) electrons. The molecule has 0 fully saturated rings. The van der Waals surface area contributed by atoms with Crippen molar-refractivity contribution in [3.63, 3.8) is 0 Å². The summed E-state index contributed by atoms with van der Waals surface area (Å²) in [6, 6.07) is 0. The molecule has 0 aliphatic heterocycles. The van der Waals surface area contributed by atoms with Crippen molar-refractivity contribution in [2.75, 3.05) is 0 Å². The first kappa shape index (κ1) is 8.92. The molecule has 0 aromatic rings. The van der Waals surface area contributed by atoms with Gasteiger partial charge in [-0.1, -0.05) is 0 Å². The van der Waals surface area contributed by atoms with E-state index in [-0.39, 0.29) is 57.9 Å². The van der Waals surface area contributed by atoms with E-state index in [1.807, 2.05) is 0 Å². The molecule has 0 amide bonds. The minimum atomic E-state index is -0.250. The number of carboxylic acid groups (broad SMARTS) is 1. The van der Waals surface area contributed by atoms with Crippen molar-refractivity contribution in [1.29, 1.82) is 0 Å². The monoisotopic (exact) mass is 85.0 g/mol. The van der Waals surface area contributed by atoms with E-state index < -0.39 is 0 Å². The summed E-state index contributed by atoms with van der Waals surface area (Å²) in [5.74, 6) is 0. The summed E-state index contributed by atoms with van der Waals surface area (Å²) in [4.78, 5) is 8.36. The fourth-order valence-corrected chi connectivity index (χ4v) is 0. The van der Waals surface area contributed by atoms with E-state index in [1.165, 1.54) is 0 Å². The summed E-state index contributed by atoms with van der Waals surface area (Å²) < 4.78 is 0. The molecular formula is CH2KO2+. The van der Waals surface area contributed by atoms with E-state index in [2.05, 4.69) is 0 Å². The van der Waals surface area contributed by atoms with Gasteiger partial charge in [-0.3, -0.25) is 4.79 Å². The third-order valence-electron chi connectivity index (χ3n) is 0. The molecule has 0 bridgehead atoms. The third kappa shape index (κ3) is 11.3. The van der Waals surface area contributed by atoms with Crippen LogP contribution < -0.4 is 51.4 Å². The van der Waals surface area contributed by atoms with Crippen LogP contribution >= 0.6 is 0 Å². The maximum Gasteiger partial charge on any atom is 1.00 e. The van der Waals surface area contributed by atoms with Crippen molar-refractivity contribution in [1.82, 2.24) is 0 Å². The van der Waals surface area contributed by atoms with Gasteiger partial charge >= 0.3 is 51.4 Å². The molecule has 3 heteroatoms. The molecule has 0 aliphatic rings. The van der Waals surface area contributed by atoms with Gasteiger partial charge in [-0.15, -0.1) is 0 Å². The first-order valence-electron chi connectivity index (χ1n) is 0.494. The SMILES string of the molecule is O=CO.[K+]. The molecule has 0 saturated heterocycles. The Labute approximate surface area is 66.6 Å². The molecule has 0 rings (SSSR count). The van der Waals surface area contributed by atoms with Crippen molar-refractivity contribution >= 4 is 6.47 Å². The molecule has 4 heavy (non-hydrogen) atoms. The Morgan fingerprint density at radius 3 is 1.75 bits per heavy atom. The van der Waals surface area contributed by atoms with Gasteiger partial charge in [0.25, 0.3) is 6.47 Å². The van der Waals surface area contributed by atoms with Crippen molar-refractivity contribution in [3.05, 3.63) is 0 Å². The molecule has 2 nitrogen and oxygen atoms in total. The van der Waals surface area contributed by atoms with Crippen LogP contribution in [0.2, 0.25) is 0 Å². The molecule has 0 aliphatic carbocycles. The Morgan fingerprint density at radius 2 is 1.75 bits per heavy atom. The fourth-order valence-electron chi connectivity index (χ4n) is 0. The van der Waals surface area contributed by atoms with Crippen molar-refractivity contribution in [2.24, 2.45) is 0 Å². The van der Waals surface area contributed by atoms with E-state index in [4.69, 9.17) is 9.90 Å². The summed E-state index contributed by atoms with van der Waals surface area (Å²) in [6.07, 6.45) is 0. The largest absolute Gasteiger partial charge is 1.00 e. The van der Waals surface area contributed by atoms with Gasteiger partial charge in [0.1, 0.15) is 0 Å². The Balaban J connectivity index is 0. The van der Waals surface area contributed by atoms with Gasteiger partial charge in [-0.2, -0.15) is 0 Å². The van der Waals surface area contributed by atoms with Crippen LogP contribution in [-0.4, -0.2) is 11.6 Å². The van der Waals surface area contributed by atoms with E-state index >= 15 is 0 Å². The van der Waals surface area contributed by atoms with Crippen LogP contribution in [0.15, 0.2) is 0 Å². The van der Waals surface area contributed by atoms with Crippen LogP contribution in [0.5, 0.6) is 0 Å². The Morgan fingerprint density at radius 1 is 1.75 bits per heavy atom. The summed E-state index contributed by atoms with van der Waals surface area (Å²) in [5.41, 5.74) is 0. The molecular weight excluding hydrogens is 83.1 g/mol. The Kier molecular flexibility index (Phi) is 19.9. The van der Waals surface area contributed by atoms with Gasteiger partial charge in [0.15, 0.2) is 0 Å². The number of hydrogen-bond acceptors (Lipinski definition) is 1. The van der Waals surface area contributed by atoms with Gasteiger partial charge in [0.05, 0.1) is 0 Å². The molecule has 0 unspecified atom stereocenters. The van der Waals surface area contributed by atoms with Crippen LogP contribution in [0.3, 0.4) is 0 Å². The smallest absolute Gasteiger partial charge is 0.483 e. The maximum absolute atomic E-state index is 8.36. The summed E-state index contributed by atoms with van der Waals surface area (Å²) in [5, 5.41) is 6.89. The minimum Gasteiger partial charge on any atom is -0.483 e. The summed E-state index contributed by atoms with van der Waals surface area (Å²) in [6.45, 7) is -0.250. The van der Waals surface area contributed by atoms with Gasteiger partial charge < -0.3 is 5.11 Å². The van der Waals surface area contributed by atoms with Gasteiger partial charge in [0, 0.05) is 0 Å². The third-order valence-corrected chi connectivity index (χ3v) is 0. The molecule has 18 valence electrons. The second-order valence-electron chi connectivity index (χ2n) is 0.105. The number of carbonyl (C=O) groups is 1. The second kappa shape index (κ2) is 8.93. The topological polar surface area (TPSA) is 37.3 Å². The van der Waals surface area contributed by atoms with Crippen LogP contribution in [0.25, 0.3) is 0 Å². The molecule has 1 N–H and O–H groups in total. The number of rotatable bonds is 0. The van der Waals surface area contributed by atoms with Crippen LogP contribution in [-0.2, 0) is 4.79 Å². The van der Waals surface area contributed by atoms with E-state index in [0.29, 0.717) is 0 Å². The average Bonchev–Trinajstić information content (AvgIpc) is 0.918. The second-order valence-corrected chi connectivity index (χ2v) is 0.105. The Hall–Kier alpha value is 1.11. The first-order chi connectivity index (χ1) is 1.41. The molecule has 0 spiro atoms. The fraction of sp³-hybridized carbons (Fsp3) is 0. The zero-order valence-corrected chi connectivity index (χ0v) is 5.56. The Bertz CT molecular complexity index is 13.5. The first-order valence-corrected chi connectivity index (χ1v) is 0.494. The van der Waals surface area contributed by atoms with Crippen LogP contribution in [0.4, 0.5) is 0 Å². The van der Waals surface area contributed by atoms with E-state index in [9.17, 15) is 0 Å². The predicted octanol–water partition coefficient (Wildman–Crippen LogP) is -3.30. The minimum absolute atomic E-state index is 0.